The van der Waals surface area contributed by atoms with Crippen molar-refractivity contribution >= 4 is 0 Å². The average Bonchev–Trinajstić information content (AvgIpc) is 2.88. The van der Waals surface area contributed by atoms with Gasteiger partial charge in [0.05, 0.1) is 19.3 Å². The molecule has 2 fully saturated rings. The molecule has 0 aromatic rings. The lowest BCUT2D eigenvalue weighted by Crippen LogP contribution is -2.39. The van der Waals surface area contributed by atoms with Gasteiger partial charge in [-0.2, -0.15) is 5.06 Å². The second-order valence-electron chi connectivity index (χ2n) is 7.98. The van der Waals surface area contributed by atoms with Gasteiger partial charge >= 0.3 is 0 Å². The van der Waals surface area contributed by atoms with Crippen LogP contribution in [0.15, 0.2) is 12.7 Å². The van der Waals surface area contributed by atoms with Crippen molar-refractivity contribution in [1.29, 1.82) is 0 Å². The average molecular weight is 325 g/mol. The fourth-order valence-electron chi connectivity index (χ4n) is 3.77. The second kappa shape index (κ2) is 8.11. The first-order valence-corrected chi connectivity index (χ1v) is 9.19. The van der Waals surface area contributed by atoms with Gasteiger partial charge in [0.15, 0.2) is 5.79 Å². The summed E-state index contributed by atoms with van der Waals surface area (Å²) in [6.45, 7) is 15.8. The van der Waals surface area contributed by atoms with E-state index in [0.29, 0.717) is 18.6 Å². The van der Waals surface area contributed by atoms with Crippen LogP contribution in [0.2, 0.25) is 0 Å². The van der Waals surface area contributed by atoms with E-state index in [4.69, 9.17) is 14.3 Å². The van der Waals surface area contributed by atoms with Gasteiger partial charge in [-0.05, 0) is 37.5 Å². The molecular weight excluding hydrogens is 290 g/mol. The van der Waals surface area contributed by atoms with E-state index in [-0.39, 0.29) is 11.9 Å². The Labute approximate surface area is 142 Å². The molecule has 1 saturated carbocycles. The Bertz CT molecular complexity index is 369. The molecule has 1 saturated heterocycles. The summed E-state index contributed by atoms with van der Waals surface area (Å²) in [7, 11) is 0. The Balaban J connectivity index is 1.77. The van der Waals surface area contributed by atoms with Crippen molar-refractivity contribution in [1.82, 2.24) is 5.06 Å². The molecule has 1 unspecified atom stereocenters. The lowest BCUT2D eigenvalue weighted by Gasteiger charge is -2.41. The number of ether oxygens (including phenoxy) is 2. The molecule has 0 aromatic heterocycles. The Hall–Kier alpha value is -0.420. The highest BCUT2D eigenvalue weighted by Gasteiger charge is 2.45. The molecule has 4 nitrogen and oxygen atoms in total. The third-order valence-corrected chi connectivity index (χ3v) is 5.23. The minimum atomic E-state index is -0.304. The summed E-state index contributed by atoms with van der Waals surface area (Å²) < 4.78 is 12.4. The van der Waals surface area contributed by atoms with E-state index >= 15 is 0 Å². The van der Waals surface area contributed by atoms with Crippen molar-refractivity contribution in [2.24, 2.45) is 11.3 Å². The Morgan fingerprint density at radius 3 is 2.57 bits per heavy atom. The van der Waals surface area contributed by atoms with Crippen LogP contribution < -0.4 is 0 Å². The molecule has 2 rings (SSSR count). The highest BCUT2D eigenvalue weighted by Crippen LogP contribution is 2.45. The molecule has 1 spiro atoms. The van der Waals surface area contributed by atoms with Crippen LogP contribution in [0, 0.1) is 11.3 Å². The maximum atomic E-state index is 6.33. The maximum Gasteiger partial charge on any atom is 0.168 e. The molecule has 0 radical (unpaired) electrons. The quantitative estimate of drug-likeness (QED) is 0.519. The minimum absolute atomic E-state index is 0.189. The van der Waals surface area contributed by atoms with Crippen LogP contribution in [0.5, 0.6) is 0 Å². The third kappa shape index (κ3) is 5.28. The normalized spacial score (nSPS) is 31.9. The molecule has 1 aliphatic carbocycles. The Morgan fingerprint density at radius 2 is 2.00 bits per heavy atom. The zero-order valence-corrected chi connectivity index (χ0v) is 15.5. The molecular formula is C19H35NO3. The van der Waals surface area contributed by atoms with Crippen LogP contribution in [0.1, 0.15) is 59.8 Å². The molecule has 0 amide bonds. The highest BCUT2D eigenvalue weighted by atomic mass is 16.7. The van der Waals surface area contributed by atoms with Crippen LogP contribution >= 0.6 is 0 Å². The van der Waals surface area contributed by atoms with Gasteiger partial charge in [0.25, 0.3) is 0 Å². The van der Waals surface area contributed by atoms with Gasteiger partial charge in [-0.15, -0.1) is 6.58 Å². The number of rotatable bonds is 7. The molecule has 0 aromatic carbocycles. The highest BCUT2D eigenvalue weighted by molar-refractivity contribution is 4.88. The van der Waals surface area contributed by atoms with E-state index in [2.05, 4.69) is 27.4 Å². The standard InChI is InChI=1S/C19H35NO3/c1-6-13-20(22-7-2)14-10-17-15-21-19(23-17)11-8-16(9-12-19)18(3,4)5/h6,16-17H,1,7-15H2,2-5H3. The van der Waals surface area contributed by atoms with Crippen LogP contribution in [0.25, 0.3) is 0 Å². The number of nitrogens with zero attached hydrogens (tertiary/aromatic N) is 1. The van der Waals surface area contributed by atoms with E-state index in [1.54, 1.807) is 0 Å². The zero-order valence-electron chi connectivity index (χ0n) is 15.5. The largest absolute Gasteiger partial charge is 0.347 e. The Morgan fingerprint density at radius 1 is 1.30 bits per heavy atom. The summed E-state index contributed by atoms with van der Waals surface area (Å²) in [5.74, 6) is 0.474. The van der Waals surface area contributed by atoms with Gasteiger partial charge in [-0.1, -0.05) is 26.8 Å². The molecule has 134 valence electrons. The van der Waals surface area contributed by atoms with E-state index in [9.17, 15) is 0 Å². The zero-order chi connectivity index (χ0) is 16.9. The van der Waals surface area contributed by atoms with Gasteiger partial charge in [0.2, 0.25) is 0 Å². The summed E-state index contributed by atoms with van der Waals surface area (Å²) >= 11 is 0. The van der Waals surface area contributed by atoms with Gasteiger partial charge in [0.1, 0.15) is 0 Å². The van der Waals surface area contributed by atoms with Gasteiger partial charge in [0, 0.05) is 25.9 Å². The molecule has 1 heterocycles. The molecule has 2 aliphatic rings. The molecule has 1 aliphatic heterocycles. The van der Waals surface area contributed by atoms with Crippen molar-refractivity contribution < 1.29 is 14.3 Å². The lowest BCUT2D eigenvalue weighted by atomic mass is 9.71. The summed E-state index contributed by atoms with van der Waals surface area (Å²) in [5.41, 5.74) is 0.391. The monoisotopic (exact) mass is 325 g/mol. The summed E-state index contributed by atoms with van der Waals surface area (Å²) in [4.78, 5) is 5.60. The summed E-state index contributed by atoms with van der Waals surface area (Å²) in [6, 6.07) is 0. The number of hydrogen-bond donors (Lipinski definition) is 0. The predicted octanol–water partition coefficient (Wildman–Crippen LogP) is 4.16. The number of hydrogen-bond acceptors (Lipinski definition) is 4. The smallest absolute Gasteiger partial charge is 0.168 e. The molecule has 0 bridgehead atoms. The summed E-state index contributed by atoms with van der Waals surface area (Å²) in [6.07, 6.45) is 7.49. The third-order valence-electron chi connectivity index (χ3n) is 5.23. The molecule has 23 heavy (non-hydrogen) atoms. The first kappa shape index (κ1) is 18.9. The lowest BCUT2D eigenvalue weighted by molar-refractivity contribution is -0.200. The van der Waals surface area contributed by atoms with E-state index in [1.165, 1.54) is 12.8 Å². The van der Waals surface area contributed by atoms with Crippen LogP contribution in [0.4, 0.5) is 0 Å². The van der Waals surface area contributed by atoms with E-state index in [0.717, 1.165) is 38.3 Å². The van der Waals surface area contributed by atoms with Crippen LogP contribution in [-0.4, -0.2) is 43.3 Å². The van der Waals surface area contributed by atoms with E-state index in [1.807, 2.05) is 18.1 Å². The molecule has 0 N–H and O–H groups in total. The van der Waals surface area contributed by atoms with Crippen molar-refractivity contribution in [3.63, 3.8) is 0 Å². The summed E-state index contributed by atoms with van der Waals surface area (Å²) in [5, 5.41) is 1.96. The number of hydroxylamine groups is 2. The first-order valence-electron chi connectivity index (χ1n) is 9.19. The maximum absolute atomic E-state index is 6.33. The predicted molar refractivity (Wildman–Crippen MR) is 93.0 cm³/mol. The second-order valence-corrected chi connectivity index (χ2v) is 7.98. The van der Waals surface area contributed by atoms with Crippen molar-refractivity contribution in [2.75, 3.05) is 26.3 Å². The van der Waals surface area contributed by atoms with Gasteiger partial charge in [-0.25, -0.2) is 0 Å². The fourth-order valence-corrected chi connectivity index (χ4v) is 3.77. The topological polar surface area (TPSA) is 30.9 Å². The Kier molecular flexibility index (Phi) is 6.66. The molecule has 1 atom stereocenters. The first-order chi connectivity index (χ1) is 10.9. The van der Waals surface area contributed by atoms with Crippen molar-refractivity contribution in [3.05, 3.63) is 12.7 Å². The van der Waals surface area contributed by atoms with Crippen molar-refractivity contribution in [2.45, 2.75) is 71.7 Å². The fraction of sp³-hybridized carbons (Fsp3) is 0.895. The van der Waals surface area contributed by atoms with Gasteiger partial charge < -0.3 is 9.47 Å². The van der Waals surface area contributed by atoms with Crippen LogP contribution in [0.3, 0.4) is 0 Å². The van der Waals surface area contributed by atoms with Crippen LogP contribution in [-0.2, 0) is 14.3 Å². The van der Waals surface area contributed by atoms with Gasteiger partial charge in [-0.3, -0.25) is 4.84 Å². The molecule has 4 heteroatoms. The minimum Gasteiger partial charge on any atom is -0.347 e. The van der Waals surface area contributed by atoms with Crippen molar-refractivity contribution in [3.8, 4) is 0 Å². The van der Waals surface area contributed by atoms with E-state index < -0.39 is 0 Å². The SMILES string of the molecule is C=CCN(CCC1COC2(CCC(C(C)(C)C)CC2)O1)OCC.